The minimum Gasteiger partial charge on any atom is -0.478 e. The lowest BCUT2D eigenvalue weighted by Gasteiger charge is -2.41. The number of carboxylic acids is 1. The van der Waals surface area contributed by atoms with E-state index in [4.69, 9.17) is 5.11 Å². The number of rotatable bonds is 5. The highest BCUT2D eigenvalue weighted by molar-refractivity contribution is 9.10. The lowest BCUT2D eigenvalue weighted by atomic mass is 9.67. The molecule has 114 valence electrons. The van der Waals surface area contributed by atoms with E-state index in [-0.39, 0.29) is 17.0 Å². The van der Waals surface area contributed by atoms with Crippen LogP contribution in [-0.2, 0) is 0 Å². The van der Waals surface area contributed by atoms with Gasteiger partial charge >= 0.3 is 12.0 Å². The fourth-order valence-electron chi connectivity index (χ4n) is 2.52. The van der Waals surface area contributed by atoms with Crippen LogP contribution in [0.1, 0.15) is 43.0 Å². The molecule has 0 aliphatic heterocycles. The quantitative estimate of drug-likeness (QED) is 0.751. The number of amides is 2. The molecule has 0 atom stereocenters. The van der Waals surface area contributed by atoms with Gasteiger partial charge in [0.15, 0.2) is 0 Å². The van der Waals surface area contributed by atoms with E-state index in [1.54, 1.807) is 6.07 Å². The predicted molar refractivity (Wildman–Crippen MR) is 84.7 cm³/mol. The average Bonchev–Trinajstić information content (AvgIpc) is 2.40. The van der Waals surface area contributed by atoms with Crippen molar-refractivity contribution in [1.82, 2.24) is 5.32 Å². The number of halogens is 1. The Bertz CT molecular complexity index is 550. The van der Waals surface area contributed by atoms with Crippen LogP contribution in [0.15, 0.2) is 22.7 Å². The van der Waals surface area contributed by atoms with Crippen LogP contribution in [0.3, 0.4) is 0 Å². The monoisotopic (exact) mass is 354 g/mol. The Balaban J connectivity index is 1.92. The number of hydrogen-bond donors (Lipinski definition) is 3. The topological polar surface area (TPSA) is 78.4 Å². The van der Waals surface area contributed by atoms with Gasteiger partial charge in [0.2, 0.25) is 0 Å². The van der Waals surface area contributed by atoms with Crippen LogP contribution >= 0.6 is 15.9 Å². The molecule has 2 rings (SSSR count). The highest BCUT2D eigenvalue weighted by Gasteiger charge is 2.35. The molecule has 1 aliphatic carbocycles. The van der Waals surface area contributed by atoms with E-state index in [1.165, 1.54) is 31.4 Å². The number of carbonyl (C=O) groups excluding carboxylic acids is 1. The predicted octanol–water partition coefficient (Wildman–Crippen LogP) is 3.85. The van der Waals surface area contributed by atoms with Crippen molar-refractivity contribution < 1.29 is 14.7 Å². The second kappa shape index (κ2) is 6.47. The Kier molecular flexibility index (Phi) is 4.88. The summed E-state index contributed by atoms with van der Waals surface area (Å²) in [6, 6.07) is 4.24. The largest absolute Gasteiger partial charge is 0.478 e. The van der Waals surface area contributed by atoms with Gasteiger partial charge < -0.3 is 15.7 Å². The minimum absolute atomic E-state index is 0.173. The summed E-state index contributed by atoms with van der Waals surface area (Å²) in [5.41, 5.74) is 0.991. The number of nitrogens with one attached hydrogen (secondary N) is 2. The van der Waals surface area contributed by atoms with Crippen LogP contribution in [0.5, 0.6) is 0 Å². The van der Waals surface area contributed by atoms with Gasteiger partial charge in [-0.1, -0.05) is 13.3 Å². The van der Waals surface area contributed by atoms with Gasteiger partial charge in [0.05, 0.1) is 11.3 Å². The van der Waals surface area contributed by atoms with E-state index in [0.717, 1.165) is 6.42 Å². The van der Waals surface area contributed by atoms with E-state index in [9.17, 15) is 9.59 Å². The van der Waals surface area contributed by atoms with Crippen LogP contribution in [0, 0.1) is 5.41 Å². The number of urea groups is 1. The molecule has 21 heavy (non-hydrogen) atoms. The van der Waals surface area contributed by atoms with Gasteiger partial charge in [-0.3, -0.25) is 0 Å². The Morgan fingerprint density at radius 2 is 2.10 bits per heavy atom. The number of carboxylic acid groups (broad SMARTS) is 1. The molecule has 1 aromatic rings. The van der Waals surface area contributed by atoms with Gasteiger partial charge in [0.25, 0.3) is 0 Å². The van der Waals surface area contributed by atoms with E-state index in [0.29, 0.717) is 16.7 Å². The van der Waals surface area contributed by atoms with Crippen LogP contribution in [0.2, 0.25) is 0 Å². The van der Waals surface area contributed by atoms with Crippen molar-refractivity contribution >= 4 is 33.6 Å². The first-order chi connectivity index (χ1) is 9.96. The van der Waals surface area contributed by atoms with Gasteiger partial charge in [-0.25, -0.2) is 9.59 Å². The minimum atomic E-state index is -0.999. The summed E-state index contributed by atoms with van der Waals surface area (Å²) >= 11 is 3.27. The Morgan fingerprint density at radius 1 is 1.38 bits per heavy atom. The van der Waals surface area contributed by atoms with Gasteiger partial charge in [-0.2, -0.15) is 0 Å². The van der Waals surface area contributed by atoms with Crippen LogP contribution < -0.4 is 10.6 Å². The van der Waals surface area contributed by atoms with Crippen LogP contribution in [-0.4, -0.2) is 23.7 Å². The third-order valence-corrected chi connectivity index (χ3v) is 4.91. The average molecular weight is 355 g/mol. The number of carbonyl (C=O) groups is 2. The normalized spacial score (nSPS) is 15.9. The van der Waals surface area contributed by atoms with Gasteiger partial charge in [0, 0.05) is 11.0 Å². The SMILES string of the molecule is CCC1(CNC(=O)Nc2ccc(C(=O)O)cc2Br)CCC1. The molecule has 3 N–H and O–H groups in total. The van der Waals surface area contributed by atoms with Crippen molar-refractivity contribution in [1.29, 1.82) is 0 Å². The summed E-state index contributed by atoms with van der Waals surface area (Å²) in [4.78, 5) is 22.8. The molecule has 1 aromatic carbocycles. The zero-order valence-electron chi connectivity index (χ0n) is 11.9. The van der Waals surface area contributed by atoms with Crippen molar-refractivity contribution in [2.75, 3.05) is 11.9 Å². The third-order valence-electron chi connectivity index (χ3n) is 4.25. The summed E-state index contributed by atoms with van der Waals surface area (Å²) in [6.07, 6.45) is 4.64. The maximum absolute atomic E-state index is 11.9. The molecule has 0 heterocycles. The van der Waals surface area contributed by atoms with Crippen molar-refractivity contribution in [3.8, 4) is 0 Å². The molecule has 6 heteroatoms. The zero-order chi connectivity index (χ0) is 15.5. The lowest BCUT2D eigenvalue weighted by molar-refractivity contribution is 0.0697. The smallest absolute Gasteiger partial charge is 0.335 e. The Hall–Kier alpha value is -1.56. The first kappa shape index (κ1) is 15.8. The first-order valence-corrected chi connectivity index (χ1v) is 7.83. The first-order valence-electron chi connectivity index (χ1n) is 7.03. The molecule has 0 aromatic heterocycles. The molecule has 1 saturated carbocycles. The summed E-state index contributed by atoms with van der Waals surface area (Å²) < 4.78 is 0.548. The second-order valence-electron chi connectivity index (χ2n) is 5.51. The lowest BCUT2D eigenvalue weighted by Crippen LogP contribution is -2.43. The molecule has 1 fully saturated rings. The fraction of sp³-hybridized carbons (Fsp3) is 0.467. The molecule has 2 amide bonds. The van der Waals surface area contributed by atoms with E-state index >= 15 is 0 Å². The van der Waals surface area contributed by atoms with Crippen LogP contribution in [0.25, 0.3) is 0 Å². The van der Waals surface area contributed by atoms with E-state index in [2.05, 4.69) is 33.5 Å². The molecule has 0 unspecified atom stereocenters. The van der Waals surface area contributed by atoms with Crippen molar-refractivity contribution in [2.24, 2.45) is 5.41 Å². The Labute approximate surface area is 132 Å². The summed E-state index contributed by atoms with van der Waals surface area (Å²) in [6.45, 7) is 2.83. The number of benzene rings is 1. The molecule has 0 bridgehead atoms. The van der Waals surface area contributed by atoms with Gasteiger partial charge in [-0.05, 0) is 58.8 Å². The highest BCUT2D eigenvalue weighted by Crippen LogP contribution is 2.43. The second-order valence-corrected chi connectivity index (χ2v) is 6.37. The molecular weight excluding hydrogens is 336 g/mol. The van der Waals surface area contributed by atoms with E-state index < -0.39 is 5.97 Å². The molecule has 0 saturated heterocycles. The number of anilines is 1. The third kappa shape index (κ3) is 3.75. The zero-order valence-corrected chi connectivity index (χ0v) is 13.5. The highest BCUT2D eigenvalue weighted by atomic mass is 79.9. The summed E-state index contributed by atoms with van der Waals surface area (Å²) in [5, 5.41) is 14.5. The molecule has 0 radical (unpaired) electrons. The summed E-state index contributed by atoms with van der Waals surface area (Å²) in [5.74, 6) is -0.999. The standard InChI is InChI=1S/C15H19BrN2O3/c1-2-15(6-3-7-15)9-17-14(21)18-12-5-4-10(13(19)20)8-11(12)16/h4-5,8H,2-3,6-7,9H2,1H3,(H,19,20)(H2,17,18,21). The van der Waals surface area contributed by atoms with Gasteiger partial charge in [0.1, 0.15) is 0 Å². The number of aromatic carboxylic acids is 1. The Morgan fingerprint density at radius 3 is 2.57 bits per heavy atom. The summed E-state index contributed by atoms with van der Waals surface area (Å²) in [7, 11) is 0. The van der Waals surface area contributed by atoms with Gasteiger partial charge in [-0.15, -0.1) is 0 Å². The maximum atomic E-state index is 11.9. The van der Waals surface area contributed by atoms with Crippen molar-refractivity contribution in [3.05, 3.63) is 28.2 Å². The molecular formula is C15H19BrN2O3. The molecule has 0 spiro atoms. The number of hydrogen-bond acceptors (Lipinski definition) is 2. The molecule has 1 aliphatic rings. The van der Waals surface area contributed by atoms with Crippen molar-refractivity contribution in [3.63, 3.8) is 0 Å². The van der Waals surface area contributed by atoms with Crippen molar-refractivity contribution in [2.45, 2.75) is 32.6 Å². The maximum Gasteiger partial charge on any atom is 0.335 e. The van der Waals surface area contributed by atoms with Crippen LogP contribution in [0.4, 0.5) is 10.5 Å². The molecule has 5 nitrogen and oxygen atoms in total. The fourth-order valence-corrected chi connectivity index (χ4v) is 2.99. The van der Waals surface area contributed by atoms with E-state index in [1.807, 2.05) is 0 Å².